The molecule has 0 spiro atoms. The second-order valence-corrected chi connectivity index (χ2v) is 7.21. The number of benzene rings is 1. The smallest absolute Gasteiger partial charge is 0.243 e. The van der Waals surface area contributed by atoms with E-state index in [1.807, 2.05) is 6.92 Å². The first kappa shape index (κ1) is 14.8. The molecular weight excluding hydrogens is 284 g/mol. The molecular formula is C13H19ClN2O2S. The van der Waals surface area contributed by atoms with E-state index in [2.05, 4.69) is 0 Å². The molecule has 1 aliphatic heterocycles. The second kappa shape index (κ2) is 5.79. The Hall–Kier alpha value is -0.620. The van der Waals surface area contributed by atoms with Crippen molar-refractivity contribution in [2.75, 3.05) is 13.1 Å². The summed E-state index contributed by atoms with van der Waals surface area (Å²) >= 11 is 6.02. The largest absolute Gasteiger partial charge is 0.329 e. The molecule has 2 rings (SSSR count). The lowest BCUT2D eigenvalue weighted by molar-refractivity contribution is 0.257. The Morgan fingerprint density at radius 1 is 1.42 bits per heavy atom. The standard InChI is InChI=1S/C13H19ClN2O2S/c1-10-5-6-12(8-13(10)14)19(17,18)16-7-3-2-4-11(16)9-15/h5-6,8,11H,2-4,7,9,15H2,1H3. The Labute approximate surface area is 119 Å². The van der Waals surface area contributed by atoms with Gasteiger partial charge in [-0.25, -0.2) is 8.42 Å². The lowest BCUT2D eigenvalue weighted by Crippen LogP contribution is -2.47. The van der Waals surface area contributed by atoms with E-state index in [1.165, 1.54) is 10.4 Å². The Morgan fingerprint density at radius 3 is 2.79 bits per heavy atom. The van der Waals surface area contributed by atoms with Crippen molar-refractivity contribution in [2.45, 2.75) is 37.1 Å². The third-order valence-corrected chi connectivity index (χ3v) is 5.95. The fourth-order valence-electron chi connectivity index (χ4n) is 2.40. The molecule has 1 atom stereocenters. The summed E-state index contributed by atoms with van der Waals surface area (Å²) in [6.45, 7) is 2.75. The maximum atomic E-state index is 12.6. The third-order valence-electron chi connectivity index (χ3n) is 3.60. The van der Waals surface area contributed by atoms with Crippen molar-refractivity contribution in [3.63, 3.8) is 0 Å². The molecule has 1 aromatic carbocycles. The minimum Gasteiger partial charge on any atom is -0.329 e. The predicted molar refractivity (Wildman–Crippen MR) is 76.8 cm³/mol. The molecule has 1 fully saturated rings. The molecule has 0 saturated carbocycles. The highest BCUT2D eigenvalue weighted by atomic mass is 35.5. The van der Waals surface area contributed by atoms with E-state index < -0.39 is 10.0 Å². The second-order valence-electron chi connectivity index (χ2n) is 4.91. The molecule has 6 heteroatoms. The summed E-state index contributed by atoms with van der Waals surface area (Å²) in [6, 6.07) is 4.77. The number of sulfonamides is 1. The zero-order chi connectivity index (χ0) is 14.0. The highest BCUT2D eigenvalue weighted by Gasteiger charge is 2.32. The maximum Gasteiger partial charge on any atom is 0.243 e. The summed E-state index contributed by atoms with van der Waals surface area (Å²) in [6.07, 6.45) is 2.74. The van der Waals surface area contributed by atoms with Gasteiger partial charge < -0.3 is 5.73 Å². The van der Waals surface area contributed by atoms with Crippen LogP contribution in [0.1, 0.15) is 24.8 Å². The van der Waals surface area contributed by atoms with Crippen LogP contribution in [-0.2, 0) is 10.0 Å². The molecule has 1 unspecified atom stereocenters. The normalized spacial score (nSPS) is 21.5. The Bertz CT molecular complexity index is 560. The number of aryl methyl sites for hydroxylation is 1. The number of hydrogen-bond acceptors (Lipinski definition) is 3. The molecule has 19 heavy (non-hydrogen) atoms. The topological polar surface area (TPSA) is 63.4 Å². The van der Waals surface area contributed by atoms with Gasteiger partial charge in [0.2, 0.25) is 10.0 Å². The van der Waals surface area contributed by atoms with Crippen LogP contribution >= 0.6 is 11.6 Å². The predicted octanol–water partition coefficient (Wildman–Crippen LogP) is 2.15. The van der Waals surface area contributed by atoms with Gasteiger partial charge >= 0.3 is 0 Å². The lowest BCUT2D eigenvalue weighted by Gasteiger charge is -2.33. The van der Waals surface area contributed by atoms with Gasteiger partial charge in [-0.15, -0.1) is 0 Å². The van der Waals surface area contributed by atoms with Crippen LogP contribution in [0.25, 0.3) is 0 Å². The van der Waals surface area contributed by atoms with Crippen molar-refractivity contribution in [3.8, 4) is 0 Å². The van der Waals surface area contributed by atoms with Gasteiger partial charge in [0, 0.05) is 24.2 Å². The van der Waals surface area contributed by atoms with E-state index in [1.54, 1.807) is 12.1 Å². The van der Waals surface area contributed by atoms with Gasteiger partial charge in [-0.3, -0.25) is 0 Å². The average molecular weight is 303 g/mol. The van der Waals surface area contributed by atoms with Gasteiger partial charge in [-0.1, -0.05) is 24.1 Å². The van der Waals surface area contributed by atoms with Crippen LogP contribution in [-0.4, -0.2) is 31.9 Å². The summed E-state index contributed by atoms with van der Waals surface area (Å²) in [4.78, 5) is 0.253. The first-order valence-electron chi connectivity index (χ1n) is 6.45. The minimum absolute atomic E-state index is 0.0983. The molecule has 1 aromatic rings. The molecule has 2 N–H and O–H groups in total. The molecule has 0 amide bonds. The molecule has 0 aliphatic carbocycles. The highest BCUT2D eigenvalue weighted by Crippen LogP contribution is 2.27. The summed E-state index contributed by atoms with van der Waals surface area (Å²) in [5.74, 6) is 0. The van der Waals surface area contributed by atoms with E-state index in [0.717, 1.165) is 24.8 Å². The van der Waals surface area contributed by atoms with E-state index in [-0.39, 0.29) is 10.9 Å². The maximum absolute atomic E-state index is 12.6. The van der Waals surface area contributed by atoms with E-state index in [0.29, 0.717) is 18.1 Å². The lowest BCUT2D eigenvalue weighted by atomic mass is 10.1. The molecule has 0 aromatic heterocycles. The Morgan fingerprint density at radius 2 is 2.16 bits per heavy atom. The molecule has 1 heterocycles. The van der Waals surface area contributed by atoms with Crippen molar-refractivity contribution < 1.29 is 8.42 Å². The van der Waals surface area contributed by atoms with Crippen molar-refractivity contribution in [3.05, 3.63) is 28.8 Å². The van der Waals surface area contributed by atoms with Gasteiger partial charge in [-0.05, 0) is 37.5 Å². The molecule has 4 nitrogen and oxygen atoms in total. The average Bonchev–Trinajstić information content (AvgIpc) is 2.41. The summed E-state index contributed by atoms with van der Waals surface area (Å²) < 4.78 is 26.8. The Balaban J connectivity index is 2.37. The van der Waals surface area contributed by atoms with Crippen LogP contribution in [0.2, 0.25) is 5.02 Å². The van der Waals surface area contributed by atoms with Gasteiger partial charge in [0.1, 0.15) is 0 Å². The summed E-state index contributed by atoms with van der Waals surface area (Å²) in [7, 11) is -3.49. The van der Waals surface area contributed by atoms with Crippen LogP contribution < -0.4 is 5.73 Å². The van der Waals surface area contributed by atoms with Gasteiger partial charge in [0.05, 0.1) is 4.90 Å². The summed E-state index contributed by atoms with van der Waals surface area (Å²) in [5.41, 5.74) is 6.56. The van der Waals surface area contributed by atoms with Gasteiger partial charge in [0.25, 0.3) is 0 Å². The van der Waals surface area contributed by atoms with Crippen LogP contribution in [0.4, 0.5) is 0 Å². The van der Waals surface area contributed by atoms with Crippen LogP contribution in [0.5, 0.6) is 0 Å². The highest BCUT2D eigenvalue weighted by molar-refractivity contribution is 7.89. The number of halogens is 1. The molecule has 106 valence electrons. The Kier molecular flexibility index (Phi) is 4.50. The monoisotopic (exact) mass is 302 g/mol. The van der Waals surface area contributed by atoms with E-state index in [9.17, 15) is 8.42 Å². The summed E-state index contributed by atoms with van der Waals surface area (Å²) in [5, 5.41) is 0.474. The van der Waals surface area contributed by atoms with E-state index >= 15 is 0 Å². The first-order valence-corrected chi connectivity index (χ1v) is 8.26. The van der Waals surface area contributed by atoms with Gasteiger partial charge in [0.15, 0.2) is 0 Å². The fourth-order valence-corrected chi connectivity index (χ4v) is 4.37. The van der Waals surface area contributed by atoms with Crippen molar-refractivity contribution in [1.29, 1.82) is 0 Å². The SMILES string of the molecule is Cc1ccc(S(=O)(=O)N2CCCCC2CN)cc1Cl. The van der Waals surface area contributed by atoms with E-state index in [4.69, 9.17) is 17.3 Å². The first-order chi connectivity index (χ1) is 8.96. The van der Waals surface area contributed by atoms with Crippen molar-refractivity contribution >= 4 is 21.6 Å². The number of hydrogen-bond donors (Lipinski definition) is 1. The quantitative estimate of drug-likeness (QED) is 0.930. The van der Waals surface area contributed by atoms with Crippen LogP contribution in [0.15, 0.2) is 23.1 Å². The number of rotatable bonds is 3. The molecule has 0 radical (unpaired) electrons. The minimum atomic E-state index is -3.49. The zero-order valence-corrected chi connectivity index (χ0v) is 12.5. The van der Waals surface area contributed by atoms with Crippen LogP contribution in [0.3, 0.4) is 0 Å². The third kappa shape index (κ3) is 2.94. The number of nitrogens with zero attached hydrogens (tertiary/aromatic N) is 1. The number of nitrogens with two attached hydrogens (primary N) is 1. The van der Waals surface area contributed by atoms with Gasteiger partial charge in [-0.2, -0.15) is 4.31 Å². The van der Waals surface area contributed by atoms with Crippen molar-refractivity contribution in [2.24, 2.45) is 5.73 Å². The zero-order valence-electron chi connectivity index (χ0n) is 11.0. The van der Waals surface area contributed by atoms with Crippen molar-refractivity contribution in [1.82, 2.24) is 4.31 Å². The number of piperidine rings is 1. The van der Waals surface area contributed by atoms with Crippen LogP contribution in [0, 0.1) is 6.92 Å². The molecule has 0 bridgehead atoms. The fraction of sp³-hybridized carbons (Fsp3) is 0.538. The molecule has 1 aliphatic rings. The molecule has 1 saturated heterocycles.